The minimum absolute atomic E-state index is 0.0542. The molecule has 0 aliphatic heterocycles. The number of carbonyl (C=O) groups excluding carboxylic acids is 1. The summed E-state index contributed by atoms with van der Waals surface area (Å²) in [5.41, 5.74) is 3.76. The van der Waals surface area contributed by atoms with E-state index in [-0.39, 0.29) is 19.1 Å². The van der Waals surface area contributed by atoms with Gasteiger partial charge in [-0.25, -0.2) is 0 Å². The van der Waals surface area contributed by atoms with Crippen LogP contribution in [0.4, 0.5) is 0 Å². The van der Waals surface area contributed by atoms with E-state index < -0.39 is 11.0 Å². The van der Waals surface area contributed by atoms with Crippen LogP contribution in [0.15, 0.2) is 58.2 Å². The summed E-state index contributed by atoms with van der Waals surface area (Å²) in [5.74, 6) is -0.130. The summed E-state index contributed by atoms with van der Waals surface area (Å²) < 4.78 is 0. The molecular formula is C30H48O4. The van der Waals surface area contributed by atoms with Crippen LogP contribution in [0.5, 0.6) is 0 Å². The van der Waals surface area contributed by atoms with Gasteiger partial charge in [0.05, 0.1) is 12.2 Å². The zero-order chi connectivity index (χ0) is 25.8. The molecule has 0 spiro atoms. The van der Waals surface area contributed by atoms with Crippen LogP contribution in [0, 0.1) is 11.3 Å². The molecule has 3 N–H and O–H groups in total. The quantitative estimate of drug-likeness (QED) is 0.126. The van der Waals surface area contributed by atoms with Crippen molar-refractivity contribution in [3.63, 3.8) is 0 Å². The van der Waals surface area contributed by atoms with Crippen molar-refractivity contribution < 1.29 is 20.1 Å². The molecule has 1 aliphatic rings. The molecular weight excluding hydrogens is 424 g/mol. The van der Waals surface area contributed by atoms with Crippen LogP contribution in [-0.4, -0.2) is 40.4 Å². The number of hydrogen-bond acceptors (Lipinski definition) is 4. The predicted molar refractivity (Wildman–Crippen MR) is 143 cm³/mol. The van der Waals surface area contributed by atoms with E-state index in [1.54, 1.807) is 0 Å². The molecule has 0 aromatic rings. The largest absolute Gasteiger partial charge is 0.396 e. The summed E-state index contributed by atoms with van der Waals surface area (Å²) in [6.45, 7) is 12.0. The fraction of sp³-hybridized carbons (Fsp3) is 0.633. The van der Waals surface area contributed by atoms with Crippen molar-refractivity contribution in [2.45, 2.75) is 98.5 Å². The number of aldehydes is 1. The Hall–Kier alpha value is -1.75. The van der Waals surface area contributed by atoms with Crippen molar-refractivity contribution in [2.24, 2.45) is 11.3 Å². The highest BCUT2D eigenvalue weighted by molar-refractivity contribution is 5.74. The zero-order valence-electron chi connectivity index (χ0n) is 22.4. The number of aliphatic hydroxyl groups excluding tert-OH is 2. The highest BCUT2D eigenvalue weighted by atomic mass is 16.3. The molecule has 0 amide bonds. The Balaban J connectivity index is 3.03. The average molecular weight is 473 g/mol. The Bertz CT molecular complexity index is 806. The molecule has 1 saturated carbocycles. The second kappa shape index (κ2) is 14.6. The van der Waals surface area contributed by atoms with E-state index in [0.29, 0.717) is 37.7 Å². The Morgan fingerprint density at radius 2 is 1.79 bits per heavy atom. The van der Waals surface area contributed by atoms with E-state index in [1.165, 1.54) is 11.1 Å². The third kappa shape index (κ3) is 8.48. The van der Waals surface area contributed by atoms with E-state index in [9.17, 15) is 20.1 Å². The number of aliphatic hydroxyl groups is 3. The van der Waals surface area contributed by atoms with Crippen LogP contribution in [0.3, 0.4) is 0 Å². The minimum atomic E-state index is -1.04. The van der Waals surface area contributed by atoms with E-state index in [1.807, 2.05) is 13.8 Å². The maximum atomic E-state index is 11.6. The summed E-state index contributed by atoms with van der Waals surface area (Å²) >= 11 is 0. The Kier molecular flexibility index (Phi) is 13.0. The van der Waals surface area contributed by atoms with Crippen molar-refractivity contribution in [3.05, 3.63) is 58.2 Å². The fourth-order valence-electron chi connectivity index (χ4n) is 5.27. The molecule has 4 heteroatoms. The number of allylic oxidation sites excluding steroid dienone is 10. The van der Waals surface area contributed by atoms with Gasteiger partial charge in [-0.3, -0.25) is 4.79 Å². The maximum absolute atomic E-state index is 11.6. The van der Waals surface area contributed by atoms with Crippen molar-refractivity contribution in [3.8, 4) is 0 Å². The molecule has 0 bridgehead atoms. The molecule has 34 heavy (non-hydrogen) atoms. The normalized spacial score (nSPS) is 27.7. The Labute approximate surface area is 207 Å². The summed E-state index contributed by atoms with van der Waals surface area (Å²) in [6.07, 6.45) is 17.5. The topological polar surface area (TPSA) is 77.8 Å². The average Bonchev–Trinajstić information content (AvgIpc) is 2.78. The summed E-state index contributed by atoms with van der Waals surface area (Å²) in [5, 5.41) is 31.5. The lowest BCUT2D eigenvalue weighted by atomic mass is 9.53. The zero-order valence-corrected chi connectivity index (χ0v) is 22.4. The van der Waals surface area contributed by atoms with Crippen LogP contribution in [0.2, 0.25) is 0 Å². The van der Waals surface area contributed by atoms with Gasteiger partial charge in [-0.05, 0) is 104 Å². The molecule has 3 unspecified atom stereocenters. The van der Waals surface area contributed by atoms with Gasteiger partial charge in [0.1, 0.15) is 6.29 Å². The Morgan fingerprint density at radius 1 is 1.09 bits per heavy atom. The number of hydrogen-bond donors (Lipinski definition) is 3. The molecule has 1 aliphatic carbocycles. The maximum Gasteiger partial charge on any atom is 0.145 e. The van der Waals surface area contributed by atoms with Gasteiger partial charge in [0.25, 0.3) is 0 Å². The van der Waals surface area contributed by atoms with Gasteiger partial charge in [-0.1, -0.05) is 52.7 Å². The number of carbonyl (C=O) groups is 1. The van der Waals surface area contributed by atoms with E-state index in [4.69, 9.17) is 0 Å². The third-order valence-electron chi connectivity index (χ3n) is 7.55. The van der Waals surface area contributed by atoms with E-state index in [2.05, 4.69) is 58.1 Å². The van der Waals surface area contributed by atoms with Crippen LogP contribution < -0.4 is 0 Å². The molecule has 0 aromatic carbocycles. The molecule has 192 valence electrons. The molecule has 0 aromatic heterocycles. The summed E-state index contributed by atoms with van der Waals surface area (Å²) in [4.78, 5) is 11.6. The van der Waals surface area contributed by atoms with Crippen LogP contribution in [0.25, 0.3) is 0 Å². The van der Waals surface area contributed by atoms with Crippen LogP contribution >= 0.6 is 0 Å². The number of rotatable bonds is 13. The molecule has 1 fully saturated rings. The van der Waals surface area contributed by atoms with Crippen molar-refractivity contribution in [1.29, 1.82) is 0 Å². The standard InChI is InChI=1S/C30H48O4/c1-23(2)11-7-12-24(3)13-8-14-25(4)15-9-18-30(22-33)28(16-10-20-31)27(26(5)21-32)17-19-29(30,6)34/h8,11,13-15,21,28,31,33-34H,7,9-10,12,16-20,22H2,1-6H3. The second-order valence-electron chi connectivity index (χ2n) is 10.5. The van der Waals surface area contributed by atoms with Gasteiger partial charge in [-0.15, -0.1) is 0 Å². The first-order chi connectivity index (χ1) is 16.0. The minimum Gasteiger partial charge on any atom is -0.396 e. The summed E-state index contributed by atoms with van der Waals surface area (Å²) in [6, 6.07) is 0. The van der Waals surface area contributed by atoms with Crippen molar-refractivity contribution >= 4 is 6.29 Å². The van der Waals surface area contributed by atoms with Crippen molar-refractivity contribution in [1.82, 2.24) is 0 Å². The van der Waals surface area contributed by atoms with Gasteiger partial charge in [0.15, 0.2) is 0 Å². The first-order valence-electron chi connectivity index (χ1n) is 12.8. The van der Waals surface area contributed by atoms with Gasteiger partial charge < -0.3 is 15.3 Å². The lowest BCUT2D eigenvalue weighted by Crippen LogP contribution is -2.56. The third-order valence-corrected chi connectivity index (χ3v) is 7.55. The second-order valence-corrected chi connectivity index (χ2v) is 10.5. The van der Waals surface area contributed by atoms with E-state index in [0.717, 1.165) is 36.7 Å². The smallest absolute Gasteiger partial charge is 0.145 e. The van der Waals surface area contributed by atoms with Gasteiger partial charge in [0.2, 0.25) is 0 Å². The highest BCUT2D eigenvalue weighted by Crippen LogP contribution is 2.55. The molecule has 4 nitrogen and oxygen atoms in total. The van der Waals surface area contributed by atoms with Crippen LogP contribution in [0.1, 0.15) is 92.9 Å². The lowest BCUT2D eigenvalue weighted by Gasteiger charge is -2.54. The van der Waals surface area contributed by atoms with Crippen LogP contribution in [-0.2, 0) is 4.79 Å². The lowest BCUT2D eigenvalue weighted by molar-refractivity contribution is -0.146. The predicted octanol–water partition coefficient (Wildman–Crippen LogP) is 6.39. The molecule has 0 heterocycles. The highest BCUT2D eigenvalue weighted by Gasteiger charge is 2.54. The monoisotopic (exact) mass is 472 g/mol. The first kappa shape index (κ1) is 30.3. The van der Waals surface area contributed by atoms with Gasteiger partial charge in [0, 0.05) is 12.0 Å². The molecule has 0 saturated heterocycles. The Morgan fingerprint density at radius 3 is 2.38 bits per heavy atom. The molecule has 3 atom stereocenters. The van der Waals surface area contributed by atoms with Crippen molar-refractivity contribution in [2.75, 3.05) is 13.2 Å². The fourth-order valence-corrected chi connectivity index (χ4v) is 5.27. The molecule has 0 radical (unpaired) electrons. The van der Waals surface area contributed by atoms with Gasteiger partial charge in [-0.2, -0.15) is 0 Å². The SMILES string of the molecule is CC(C)=CCCC(C)=CC=CC(C)=CCCC1(CO)C(CCCO)C(=C(C)C=O)CCC1(C)O. The van der Waals surface area contributed by atoms with E-state index >= 15 is 0 Å². The van der Waals surface area contributed by atoms with Gasteiger partial charge >= 0.3 is 0 Å². The summed E-state index contributed by atoms with van der Waals surface area (Å²) in [7, 11) is 0. The molecule has 1 rings (SSSR count). The first-order valence-corrected chi connectivity index (χ1v) is 12.8.